The summed E-state index contributed by atoms with van der Waals surface area (Å²) in [7, 11) is 0.0959. The van der Waals surface area contributed by atoms with Crippen molar-refractivity contribution in [2.45, 2.75) is 58.3 Å². The Bertz CT molecular complexity index is 825. The molecule has 0 saturated carbocycles. The summed E-state index contributed by atoms with van der Waals surface area (Å²) in [5, 5.41) is 20.5. The monoisotopic (exact) mass is 402 g/mol. The molecule has 1 aromatic carbocycles. The van der Waals surface area contributed by atoms with Gasteiger partial charge in [0, 0.05) is 16.3 Å². The van der Waals surface area contributed by atoms with Gasteiger partial charge in [0.2, 0.25) is 5.44 Å². The van der Waals surface area contributed by atoms with Crippen molar-refractivity contribution in [1.82, 2.24) is 9.55 Å². The van der Waals surface area contributed by atoms with E-state index in [1.54, 1.807) is 32.4 Å². The summed E-state index contributed by atoms with van der Waals surface area (Å²) in [5.74, 6) is 0. The number of imidazole rings is 1. The Hall–Kier alpha value is -1.81. The zero-order chi connectivity index (χ0) is 21.1. The van der Waals surface area contributed by atoms with Gasteiger partial charge in [-0.15, -0.1) is 0 Å². The first-order valence-corrected chi connectivity index (χ1v) is 11.5. The molecular weight excluding hydrogens is 370 g/mol. The quantitative estimate of drug-likeness (QED) is 0.714. The Labute approximate surface area is 171 Å². The molecule has 0 bridgehead atoms. The first-order chi connectivity index (χ1) is 13.0. The van der Waals surface area contributed by atoms with Crippen LogP contribution in [0.15, 0.2) is 36.8 Å². The second kappa shape index (κ2) is 8.69. The molecule has 0 aliphatic rings. The van der Waals surface area contributed by atoms with Crippen molar-refractivity contribution in [3.8, 4) is 6.07 Å². The van der Waals surface area contributed by atoms with Crippen molar-refractivity contribution in [3.63, 3.8) is 0 Å². The molecule has 28 heavy (non-hydrogen) atoms. The Balaban J connectivity index is 2.41. The highest BCUT2D eigenvalue weighted by molar-refractivity contribution is 7.96. The summed E-state index contributed by atoms with van der Waals surface area (Å²) < 4.78 is 8.24. The molecule has 2 rings (SSSR count). The van der Waals surface area contributed by atoms with Crippen molar-refractivity contribution < 1.29 is 9.84 Å². The highest BCUT2D eigenvalue weighted by Crippen LogP contribution is 2.34. The van der Waals surface area contributed by atoms with E-state index in [9.17, 15) is 10.4 Å². The van der Waals surface area contributed by atoms with Crippen molar-refractivity contribution in [3.05, 3.63) is 53.6 Å². The van der Waals surface area contributed by atoms with Crippen LogP contribution in [-0.2, 0) is 22.2 Å². The number of rotatable bonds is 7. The molecule has 5 nitrogen and oxygen atoms in total. The van der Waals surface area contributed by atoms with Crippen molar-refractivity contribution >= 4 is 10.9 Å². The normalized spacial score (nSPS) is 14.7. The van der Waals surface area contributed by atoms with Crippen molar-refractivity contribution in [2.75, 3.05) is 12.5 Å². The largest absolute Gasteiger partial charge is 0.388 e. The van der Waals surface area contributed by atoms with Crippen LogP contribution in [0.2, 0.25) is 0 Å². The van der Waals surface area contributed by atoms with Gasteiger partial charge >= 0.3 is 0 Å². The SMILES string of the molecule is C[S+](C)[C@H](OCc1cncn1C(c1ccccc1C#N)C(C)(C)O)C(C)(C)C. The fraction of sp³-hybridized carbons (Fsp3) is 0.545. The maximum Gasteiger partial charge on any atom is 0.222 e. The third-order valence-corrected chi connectivity index (χ3v) is 6.29. The average Bonchev–Trinajstić information content (AvgIpc) is 3.01. The van der Waals surface area contributed by atoms with Crippen molar-refractivity contribution in [1.29, 1.82) is 5.26 Å². The van der Waals surface area contributed by atoms with Gasteiger partial charge in [-0.1, -0.05) is 39.0 Å². The lowest BCUT2D eigenvalue weighted by Gasteiger charge is -2.33. The zero-order valence-electron chi connectivity index (χ0n) is 17.9. The minimum absolute atomic E-state index is 0.0283. The van der Waals surface area contributed by atoms with Crippen molar-refractivity contribution in [2.24, 2.45) is 5.41 Å². The lowest BCUT2D eigenvalue weighted by atomic mass is 9.88. The van der Waals surface area contributed by atoms with E-state index in [1.165, 1.54) is 0 Å². The van der Waals surface area contributed by atoms with Crippen LogP contribution >= 0.6 is 0 Å². The molecule has 152 valence electrons. The van der Waals surface area contributed by atoms with Gasteiger partial charge in [0.15, 0.2) is 0 Å². The van der Waals surface area contributed by atoms with Gasteiger partial charge in [-0.2, -0.15) is 5.26 Å². The maximum absolute atomic E-state index is 10.9. The highest BCUT2D eigenvalue weighted by Gasteiger charge is 2.37. The number of ether oxygens (including phenoxy) is 1. The molecule has 1 heterocycles. The van der Waals surface area contributed by atoms with Gasteiger partial charge in [0.1, 0.15) is 0 Å². The fourth-order valence-corrected chi connectivity index (χ4v) is 5.39. The lowest BCUT2D eigenvalue weighted by molar-refractivity contribution is 0.0176. The minimum Gasteiger partial charge on any atom is -0.388 e. The molecule has 6 heteroatoms. The first-order valence-electron chi connectivity index (χ1n) is 9.37. The average molecular weight is 403 g/mol. The van der Waals surface area contributed by atoms with Gasteiger partial charge in [0.25, 0.3) is 0 Å². The van der Waals surface area contributed by atoms with Crippen LogP contribution in [0, 0.1) is 16.7 Å². The number of nitrogens with zero attached hydrogens (tertiary/aromatic N) is 3. The molecule has 0 spiro atoms. The van der Waals surface area contributed by atoms with E-state index in [0.717, 1.165) is 11.3 Å². The molecule has 0 radical (unpaired) electrons. The summed E-state index contributed by atoms with van der Waals surface area (Å²) in [5.41, 5.74) is 1.25. The van der Waals surface area contributed by atoms with Gasteiger partial charge in [-0.25, -0.2) is 4.98 Å². The predicted molar refractivity (Wildman–Crippen MR) is 115 cm³/mol. The van der Waals surface area contributed by atoms with E-state index >= 15 is 0 Å². The summed E-state index contributed by atoms with van der Waals surface area (Å²) >= 11 is 0. The van der Waals surface area contributed by atoms with Crippen LogP contribution in [0.3, 0.4) is 0 Å². The van der Waals surface area contributed by atoms with Crippen LogP contribution in [0.5, 0.6) is 0 Å². The summed E-state index contributed by atoms with van der Waals surface area (Å²) in [6, 6.07) is 9.18. The van der Waals surface area contributed by atoms with Crippen LogP contribution in [0.25, 0.3) is 0 Å². The van der Waals surface area contributed by atoms with E-state index in [2.05, 4.69) is 44.3 Å². The number of benzene rings is 1. The third kappa shape index (κ3) is 5.16. The molecule has 0 aliphatic heterocycles. The van der Waals surface area contributed by atoms with Gasteiger partial charge in [0.05, 0.1) is 60.6 Å². The third-order valence-electron chi connectivity index (χ3n) is 4.59. The second-order valence-corrected chi connectivity index (χ2v) is 11.1. The fourth-order valence-electron chi connectivity index (χ4n) is 3.64. The standard InChI is InChI=1S/C22H32N3O2S/c1-21(2,3)20(28(6)7)27-14-17-13-24-15-25(17)19(22(4,5)26)18-11-9-8-10-16(18)12-23/h8-11,13,15,19-20,26H,14H2,1-7H3/q+1/t19?,20-/m0/s1. The van der Waals surface area contributed by atoms with Crippen LogP contribution in [0.1, 0.15) is 57.5 Å². The predicted octanol–water partition coefficient (Wildman–Crippen LogP) is 3.88. The molecule has 0 fully saturated rings. The highest BCUT2D eigenvalue weighted by atomic mass is 32.2. The van der Waals surface area contributed by atoms with Gasteiger partial charge < -0.3 is 14.4 Å². The number of nitriles is 1. The molecule has 2 aromatic rings. The molecule has 2 atom stereocenters. The van der Waals surface area contributed by atoms with E-state index in [4.69, 9.17) is 4.74 Å². The Morgan fingerprint density at radius 3 is 2.39 bits per heavy atom. The Kier molecular flexibility index (Phi) is 6.97. The first kappa shape index (κ1) is 22.5. The molecule has 0 amide bonds. The van der Waals surface area contributed by atoms with E-state index < -0.39 is 11.6 Å². The molecule has 1 N–H and O–H groups in total. The van der Waals surface area contributed by atoms with Crippen LogP contribution in [0.4, 0.5) is 0 Å². The van der Waals surface area contributed by atoms with Gasteiger partial charge in [-0.3, -0.25) is 0 Å². The topological polar surface area (TPSA) is 71.1 Å². The summed E-state index contributed by atoms with van der Waals surface area (Å²) in [6.45, 7) is 10.5. The van der Waals surface area contributed by atoms with E-state index in [1.807, 2.05) is 22.8 Å². The molecular formula is C22H32N3O2S+. The number of hydrogen-bond acceptors (Lipinski definition) is 4. The molecule has 0 aliphatic carbocycles. The van der Waals surface area contributed by atoms with E-state index in [-0.39, 0.29) is 21.7 Å². The smallest absolute Gasteiger partial charge is 0.222 e. The Morgan fingerprint density at radius 2 is 1.86 bits per heavy atom. The van der Waals surface area contributed by atoms with Gasteiger partial charge in [-0.05, 0) is 25.5 Å². The molecule has 1 unspecified atom stereocenters. The number of aliphatic hydroxyl groups is 1. The second-order valence-electron chi connectivity index (χ2n) is 8.94. The lowest BCUT2D eigenvalue weighted by Crippen LogP contribution is -2.37. The molecule has 0 saturated heterocycles. The summed E-state index contributed by atoms with van der Waals surface area (Å²) in [6.07, 6.45) is 7.86. The molecule has 1 aromatic heterocycles. The van der Waals surface area contributed by atoms with Crippen LogP contribution < -0.4 is 0 Å². The minimum atomic E-state index is -1.09. The number of hydrogen-bond donors (Lipinski definition) is 1. The Morgan fingerprint density at radius 1 is 1.21 bits per heavy atom. The van der Waals surface area contributed by atoms with E-state index in [0.29, 0.717) is 12.2 Å². The van der Waals surface area contributed by atoms with Crippen LogP contribution in [-0.4, -0.2) is 38.2 Å². The zero-order valence-corrected chi connectivity index (χ0v) is 18.7. The summed E-state index contributed by atoms with van der Waals surface area (Å²) in [4.78, 5) is 4.31. The maximum atomic E-state index is 10.9. The number of aromatic nitrogens is 2.